The van der Waals surface area contributed by atoms with Crippen molar-refractivity contribution in [1.82, 2.24) is 15.0 Å². The van der Waals surface area contributed by atoms with Gasteiger partial charge in [-0.1, -0.05) is 6.07 Å². The van der Waals surface area contributed by atoms with E-state index >= 15 is 0 Å². The number of aryl methyl sites for hydroxylation is 2. The molecule has 4 nitrogen and oxygen atoms in total. The molecule has 0 atom stereocenters. The highest BCUT2D eigenvalue weighted by Gasteiger charge is 2.08. The van der Waals surface area contributed by atoms with E-state index in [-0.39, 0.29) is 0 Å². The maximum Gasteiger partial charge on any atom is 0.138 e. The van der Waals surface area contributed by atoms with Crippen LogP contribution < -0.4 is 5.32 Å². The second kappa shape index (κ2) is 4.93. The van der Waals surface area contributed by atoms with Crippen LogP contribution >= 0.6 is 11.3 Å². The molecule has 0 bridgehead atoms. The van der Waals surface area contributed by atoms with Crippen LogP contribution in [0.1, 0.15) is 16.4 Å². The first-order valence-corrected chi connectivity index (χ1v) is 6.92. The number of fused-ring (bicyclic) bond motifs is 1. The number of pyridine rings is 1. The van der Waals surface area contributed by atoms with E-state index in [0.717, 1.165) is 27.6 Å². The molecule has 1 N–H and O–H groups in total. The second-order valence-corrected chi connectivity index (χ2v) is 5.60. The van der Waals surface area contributed by atoms with Gasteiger partial charge in [0.25, 0.3) is 0 Å². The molecular weight excluding hydrogens is 256 g/mol. The molecular formula is C14H14N4S. The zero-order valence-electron chi connectivity index (χ0n) is 10.8. The molecule has 0 radical (unpaired) electrons. The Morgan fingerprint density at radius 3 is 2.89 bits per heavy atom. The fourth-order valence-corrected chi connectivity index (χ4v) is 2.89. The average Bonchev–Trinajstić information content (AvgIpc) is 2.77. The maximum absolute atomic E-state index is 4.49. The molecule has 0 fully saturated rings. The monoisotopic (exact) mass is 270 g/mol. The minimum atomic E-state index is 0.668. The molecule has 0 spiro atoms. The number of rotatable bonds is 3. The van der Waals surface area contributed by atoms with Crippen LogP contribution in [0.2, 0.25) is 0 Å². The van der Waals surface area contributed by atoms with Crippen molar-refractivity contribution in [3.8, 4) is 0 Å². The highest BCUT2D eigenvalue weighted by Crippen LogP contribution is 2.28. The van der Waals surface area contributed by atoms with Crippen LogP contribution in [-0.2, 0) is 6.54 Å². The van der Waals surface area contributed by atoms with Gasteiger partial charge < -0.3 is 5.32 Å². The first-order chi connectivity index (χ1) is 9.22. The largest absolute Gasteiger partial charge is 0.364 e. The summed E-state index contributed by atoms with van der Waals surface area (Å²) in [7, 11) is 0. The zero-order valence-corrected chi connectivity index (χ0v) is 11.7. The van der Waals surface area contributed by atoms with Crippen molar-refractivity contribution in [2.75, 3.05) is 5.32 Å². The summed E-state index contributed by atoms with van der Waals surface area (Å²) < 4.78 is 0. The highest BCUT2D eigenvalue weighted by molar-refractivity contribution is 7.18. The Morgan fingerprint density at radius 1 is 1.21 bits per heavy atom. The Balaban J connectivity index is 1.92. The minimum absolute atomic E-state index is 0.668. The van der Waals surface area contributed by atoms with Crippen molar-refractivity contribution in [1.29, 1.82) is 0 Å². The quantitative estimate of drug-likeness (QED) is 0.793. The Kier molecular flexibility index (Phi) is 3.13. The number of hydrogen-bond donors (Lipinski definition) is 1. The Labute approximate surface area is 115 Å². The van der Waals surface area contributed by atoms with Crippen LogP contribution in [0, 0.1) is 13.8 Å². The fraction of sp³-hybridized carbons (Fsp3) is 0.214. The van der Waals surface area contributed by atoms with E-state index in [0.29, 0.717) is 6.54 Å². The Hall–Kier alpha value is -2.01. The Bertz CT molecular complexity index is 706. The van der Waals surface area contributed by atoms with E-state index in [1.54, 1.807) is 17.5 Å². The molecule has 3 heterocycles. The van der Waals surface area contributed by atoms with Crippen molar-refractivity contribution in [3.63, 3.8) is 0 Å². The molecule has 0 aromatic carbocycles. The third kappa shape index (κ3) is 2.56. The van der Waals surface area contributed by atoms with E-state index in [1.807, 2.05) is 25.1 Å². The number of nitrogens with one attached hydrogen (secondary N) is 1. The van der Waals surface area contributed by atoms with E-state index in [9.17, 15) is 0 Å². The van der Waals surface area contributed by atoms with Crippen LogP contribution in [0.5, 0.6) is 0 Å². The number of hydrogen-bond acceptors (Lipinski definition) is 5. The van der Waals surface area contributed by atoms with E-state index in [4.69, 9.17) is 0 Å². The molecule has 0 saturated carbocycles. The summed E-state index contributed by atoms with van der Waals surface area (Å²) in [6.07, 6.45) is 1.80. The SMILES string of the molecule is Cc1nc(NCc2ccccn2)c2cc(C)sc2n1. The van der Waals surface area contributed by atoms with Crippen molar-refractivity contribution >= 4 is 27.4 Å². The van der Waals surface area contributed by atoms with Gasteiger partial charge in [0.05, 0.1) is 17.6 Å². The summed E-state index contributed by atoms with van der Waals surface area (Å²) in [5, 5.41) is 4.44. The summed E-state index contributed by atoms with van der Waals surface area (Å²) in [5.41, 5.74) is 0.999. The number of anilines is 1. The topological polar surface area (TPSA) is 50.7 Å². The maximum atomic E-state index is 4.49. The first kappa shape index (κ1) is 12.0. The molecule has 3 rings (SSSR count). The average molecular weight is 270 g/mol. The van der Waals surface area contributed by atoms with Crippen LogP contribution in [0.25, 0.3) is 10.2 Å². The molecule has 3 aromatic rings. The van der Waals surface area contributed by atoms with Gasteiger partial charge in [0, 0.05) is 11.1 Å². The van der Waals surface area contributed by atoms with Gasteiger partial charge in [-0.05, 0) is 32.0 Å². The summed E-state index contributed by atoms with van der Waals surface area (Å²) >= 11 is 1.70. The molecule has 0 amide bonds. The lowest BCUT2D eigenvalue weighted by Crippen LogP contribution is -2.04. The van der Waals surface area contributed by atoms with Crippen LogP contribution in [-0.4, -0.2) is 15.0 Å². The lowest BCUT2D eigenvalue weighted by Gasteiger charge is -2.06. The smallest absolute Gasteiger partial charge is 0.138 e. The second-order valence-electron chi connectivity index (χ2n) is 4.37. The summed E-state index contributed by atoms with van der Waals surface area (Å²) in [5.74, 6) is 1.68. The molecule has 5 heteroatoms. The van der Waals surface area contributed by atoms with E-state index in [1.165, 1.54) is 4.88 Å². The van der Waals surface area contributed by atoms with Gasteiger partial charge in [0.1, 0.15) is 16.5 Å². The molecule has 19 heavy (non-hydrogen) atoms. The van der Waals surface area contributed by atoms with Crippen molar-refractivity contribution in [3.05, 3.63) is 46.9 Å². The summed E-state index contributed by atoms with van der Waals surface area (Å²) in [4.78, 5) is 15.5. The molecule has 0 saturated heterocycles. The summed E-state index contributed by atoms with van der Waals surface area (Å²) in [6, 6.07) is 8.02. The predicted molar refractivity (Wildman–Crippen MR) is 78.5 cm³/mol. The fourth-order valence-electron chi connectivity index (χ4n) is 1.96. The normalized spacial score (nSPS) is 10.8. The number of nitrogens with zero attached hydrogens (tertiary/aromatic N) is 3. The first-order valence-electron chi connectivity index (χ1n) is 6.11. The standard InChI is InChI=1S/C14H14N4S/c1-9-7-12-13(17-10(2)18-14(12)19-9)16-8-11-5-3-4-6-15-11/h3-7H,8H2,1-2H3,(H,16,17,18). The van der Waals surface area contributed by atoms with Crippen molar-refractivity contribution < 1.29 is 0 Å². The minimum Gasteiger partial charge on any atom is -0.364 e. The predicted octanol–water partition coefficient (Wildman–Crippen LogP) is 3.32. The Morgan fingerprint density at radius 2 is 2.11 bits per heavy atom. The zero-order chi connectivity index (χ0) is 13.2. The summed E-state index contributed by atoms with van der Waals surface area (Å²) in [6.45, 7) is 4.67. The van der Waals surface area contributed by atoms with Gasteiger partial charge in [-0.3, -0.25) is 4.98 Å². The van der Waals surface area contributed by atoms with Gasteiger partial charge >= 0.3 is 0 Å². The van der Waals surface area contributed by atoms with Crippen LogP contribution in [0.4, 0.5) is 5.82 Å². The van der Waals surface area contributed by atoms with Crippen molar-refractivity contribution in [2.24, 2.45) is 0 Å². The lowest BCUT2D eigenvalue weighted by atomic mass is 10.3. The lowest BCUT2D eigenvalue weighted by molar-refractivity contribution is 1.01. The van der Waals surface area contributed by atoms with E-state index in [2.05, 4.69) is 33.3 Å². The van der Waals surface area contributed by atoms with Gasteiger partial charge in [0.2, 0.25) is 0 Å². The third-order valence-electron chi connectivity index (χ3n) is 2.79. The number of aromatic nitrogens is 3. The molecule has 0 unspecified atom stereocenters. The van der Waals surface area contributed by atoms with Crippen LogP contribution in [0.15, 0.2) is 30.5 Å². The van der Waals surface area contributed by atoms with Crippen molar-refractivity contribution in [2.45, 2.75) is 20.4 Å². The molecule has 0 aliphatic heterocycles. The molecule has 96 valence electrons. The van der Waals surface area contributed by atoms with Gasteiger partial charge in [0.15, 0.2) is 0 Å². The number of thiophene rings is 1. The van der Waals surface area contributed by atoms with Gasteiger partial charge in [-0.2, -0.15) is 0 Å². The highest BCUT2D eigenvalue weighted by atomic mass is 32.1. The molecule has 0 aliphatic rings. The molecule has 3 aromatic heterocycles. The van der Waals surface area contributed by atoms with Gasteiger partial charge in [-0.25, -0.2) is 9.97 Å². The third-order valence-corrected chi connectivity index (χ3v) is 3.74. The van der Waals surface area contributed by atoms with Gasteiger partial charge in [-0.15, -0.1) is 11.3 Å². The van der Waals surface area contributed by atoms with E-state index < -0.39 is 0 Å². The molecule has 0 aliphatic carbocycles. The van der Waals surface area contributed by atoms with Crippen LogP contribution in [0.3, 0.4) is 0 Å².